The molecule has 1 saturated heterocycles. The first-order chi connectivity index (χ1) is 14.5. The van der Waals surface area contributed by atoms with Gasteiger partial charge in [0.2, 0.25) is 0 Å². The van der Waals surface area contributed by atoms with Crippen LogP contribution in [0.15, 0.2) is 41.7 Å². The molecule has 0 bridgehead atoms. The van der Waals surface area contributed by atoms with Crippen molar-refractivity contribution in [2.24, 2.45) is 5.16 Å². The molecule has 0 aliphatic carbocycles. The third kappa shape index (κ3) is 4.77. The predicted molar refractivity (Wildman–Crippen MR) is 112 cm³/mol. The van der Waals surface area contributed by atoms with Gasteiger partial charge in [-0.25, -0.2) is 9.18 Å². The Morgan fingerprint density at radius 3 is 2.97 bits per heavy atom. The standard InChI is InChI=1S/C21H21BrFN3O4/c22-20-9-16(30-25-20)5-6-19(27)18-8-15(23)11-26(18)21(28)29-12-13-7-14-3-1-2-4-17(14)24-10-13/h1-4,7,10,15-16,18H,5-6,8-9,11-12H2/t15-,16+,18-/m0/s1. The number of oxime groups is 1. The van der Waals surface area contributed by atoms with Crippen molar-refractivity contribution in [3.63, 3.8) is 0 Å². The molecule has 158 valence electrons. The fourth-order valence-electron chi connectivity index (χ4n) is 3.73. The van der Waals surface area contributed by atoms with Crippen LogP contribution in [0.5, 0.6) is 0 Å². The average Bonchev–Trinajstić information content (AvgIpc) is 3.35. The number of ether oxygens (including phenoxy) is 1. The van der Waals surface area contributed by atoms with Crippen molar-refractivity contribution in [1.29, 1.82) is 0 Å². The normalized spacial score (nSPS) is 23.3. The number of para-hydroxylation sites is 1. The summed E-state index contributed by atoms with van der Waals surface area (Å²) in [6, 6.07) is 8.71. The summed E-state index contributed by atoms with van der Waals surface area (Å²) < 4.78 is 20.1. The van der Waals surface area contributed by atoms with Crippen LogP contribution >= 0.6 is 15.9 Å². The number of alkyl halides is 1. The molecule has 30 heavy (non-hydrogen) atoms. The lowest BCUT2D eigenvalue weighted by Gasteiger charge is -2.23. The van der Waals surface area contributed by atoms with Crippen molar-refractivity contribution >= 4 is 43.3 Å². The van der Waals surface area contributed by atoms with Crippen molar-refractivity contribution in [2.75, 3.05) is 6.54 Å². The van der Waals surface area contributed by atoms with Gasteiger partial charge in [-0.15, -0.1) is 0 Å². The Kier molecular flexibility index (Phi) is 6.26. The second-order valence-corrected chi connectivity index (χ2v) is 8.41. The van der Waals surface area contributed by atoms with E-state index in [9.17, 15) is 14.0 Å². The molecule has 1 aromatic heterocycles. The summed E-state index contributed by atoms with van der Waals surface area (Å²) in [7, 11) is 0. The molecule has 1 amide bonds. The Labute approximate surface area is 181 Å². The lowest BCUT2D eigenvalue weighted by Crippen LogP contribution is -2.41. The summed E-state index contributed by atoms with van der Waals surface area (Å²) in [6.45, 7) is -0.133. The number of likely N-dealkylation sites (tertiary alicyclic amines) is 1. The number of amides is 1. The van der Waals surface area contributed by atoms with Crippen molar-refractivity contribution in [1.82, 2.24) is 9.88 Å². The maximum absolute atomic E-state index is 14.0. The minimum Gasteiger partial charge on any atom is -0.444 e. The van der Waals surface area contributed by atoms with Crippen LogP contribution < -0.4 is 0 Å². The monoisotopic (exact) mass is 477 g/mol. The largest absolute Gasteiger partial charge is 0.444 e. The Morgan fingerprint density at radius 1 is 1.33 bits per heavy atom. The number of aromatic nitrogens is 1. The smallest absolute Gasteiger partial charge is 0.410 e. The Bertz CT molecular complexity index is 986. The van der Waals surface area contributed by atoms with E-state index in [1.807, 2.05) is 30.3 Å². The fourth-order valence-corrected chi connectivity index (χ4v) is 4.18. The Hall–Kier alpha value is -2.55. The van der Waals surface area contributed by atoms with Crippen LogP contribution in [0, 0.1) is 0 Å². The molecule has 2 aliphatic heterocycles. The van der Waals surface area contributed by atoms with Crippen LogP contribution in [0.1, 0.15) is 31.2 Å². The number of fused-ring (bicyclic) bond motifs is 1. The highest BCUT2D eigenvalue weighted by molar-refractivity contribution is 9.18. The molecular formula is C21H21BrFN3O4. The van der Waals surface area contributed by atoms with Gasteiger partial charge in [-0.3, -0.25) is 14.7 Å². The predicted octanol–water partition coefficient (Wildman–Crippen LogP) is 4.13. The number of rotatable bonds is 6. The molecule has 0 unspecified atom stereocenters. The average molecular weight is 478 g/mol. The quantitative estimate of drug-likeness (QED) is 0.624. The first-order valence-electron chi connectivity index (χ1n) is 9.81. The summed E-state index contributed by atoms with van der Waals surface area (Å²) in [6.07, 6.45) is 0.798. The summed E-state index contributed by atoms with van der Waals surface area (Å²) in [5.41, 5.74) is 1.58. The Balaban J connectivity index is 1.33. The molecule has 0 N–H and O–H groups in total. The molecule has 4 rings (SSSR count). The van der Waals surface area contributed by atoms with Gasteiger partial charge in [-0.1, -0.05) is 23.4 Å². The highest BCUT2D eigenvalue weighted by Gasteiger charge is 2.40. The summed E-state index contributed by atoms with van der Waals surface area (Å²) in [4.78, 5) is 35.9. The topological polar surface area (TPSA) is 81.1 Å². The number of halogens is 2. The van der Waals surface area contributed by atoms with Gasteiger partial charge in [0.1, 0.15) is 23.5 Å². The number of benzene rings is 1. The van der Waals surface area contributed by atoms with Gasteiger partial charge in [-0.05, 0) is 34.5 Å². The van der Waals surface area contributed by atoms with Crippen LogP contribution in [0.25, 0.3) is 10.9 Å². The highest BCUT2D eigenvalue weighted by Crippen LogP contribution is 2.26. The first kappa shape index (κ1) is 20.7. The lowest BCUT2D eigenvalue weighted by atomic mass is 10.0. The zero-order valence-corrected chi connectivity index (χ0v) is 17.8. The molecule has 0 spiro atoms. The molecule has 7 nitrogen and oxygen atoms in total. The van der Waals surface area contributed by atoms with E-state index in [0.717, 1.165) is 16.5 Å². The number of Topliss-reactive ketones (excluding diaryl/α,β-unsaturated/α-hetero) is 1. The summed E-state index contributed by atoms with van der Waals surface area (Å²) in [5.74, 6) is -0.189. The van der Waals surface area contributed by atoms with Crippen LogP contribution in [0.3, 0.4) is 0 Å². The molecule has 2 aromatic rings. The number of carbonyl (C=O) groups is 2. The zero-order valence-electron chi connectivity index (χ0n) is 16.2. The van der Waals surface area contributed by atoms with Gasteiger partial charge in [-0.2, -0.15) is 0 Å². The number of ketones is 1. The van der Waals surface area contributed by atoms with Gasteiger partial charge in [0.05, 0.1) is 18.1 Å². The third-order valence-electron chi connectivity index (χ3n) is 5.28. The molecule has 3 heterocycles. The van der Waals surface area contributed by atoms with Gasteiger partial charge >= 0.3 is 6.09 Å². The second kappa shape index (κ2) is 9.07. The molecule has 2 aliphatic rings. The highest BCUT2D eigenvalue weighted by atomic mass is 79.9. The van der Waals surface area contributed by atoms with E-state index in [-0.39, 0.29) is 37.9 Å². The molecule has 0 saturated carbocycles. The maximum atomic E-state index is 14.0. The molecule has 1 fully saturated rings. The van der Waals surface area contributed by atoms with E-state index in [1.54, 1.807) is 6.20 Å². The molecular weight excluding hydrogens is 457 g/mol. The van der Waals surface area contributed by atoms with Crippen LogP contribution in [-0.2, 0) is 21.0 Å². The minimum atomic E-state index is -1.24. The Morgan fingerprint density at radius 2 is 2.17 bits per heavy atom. The first-order valence-corrected chi connectivity index (χ1v) is 10.6. The van der Waals surface area contributed by atoms with Crippen LogP contribution in [0.4, 0.5) is 9.18 Å². The number of hydrogen-bond donors (Lipinski definition) is 0. The maximum Gasteiger partial charge on any atom is 0.410 e. The fraction of sp³-hybridized carbons (Fsp3) is 0.429. The second-order valence-electron chi connectivity index (χ2n) is 7.50. The van der Waals surface area contributed by atoms with E-state index in [1.165, 1.54) is 4.90 Å². The van der Waals surface area contributed by atoms with Crippen LogP contribution in [-0.4, -0.2) is 51.2 Å². The number of nitrogens with zero attached hydrogens (tertiary/aromatic N) is 3. The lowest BCUT2D eigenvalue weighted by molar-refractivity contribution is -0.123. The van der Waals surface area contributed by atoms with Crippen molar-refractivity contribution in [2.45, 2.75) is 50.6 Å². The summed E-state index contributed by atoms with van der Waals surface area (Å²) >= 11 is 3.25. The number of carbonyl (C=O) groups excluding carboxylic acids is 2. The van der Waals surface area contributed by atoms with Gasteiger partial charge in [0.15, 0.2) is 5.78 Å². The minimum absolute atomic E-state index is 0.00280. The van der Waals surface area contributed by atoms with Crippen molar-refractivity contribution in [3.05, 3.63) is 42.1 Å². The third-order valence-corrected chi connectivity index (χ3v) is 5.74. The number of pyridine rings is 1. The zero-order chi connectivity index (χ0) is 21.1. The van der Waals surface area contributed by atoms with Gasteiger partial charge < -0.3 is 9.57 Å². The van der Waals surface area contributed by atoms with Crippen LogP contribution in [0.2, 0.25) is 0 Å². The molecule has 0 radical (unpaired) electrons. The molecule has 1 aromatic carbocycles. The van der Waals surface area contributed by atoms with E-state index < -0.39 is 18.3 Å². The summed E-state index contributed by atoms with van der Waals surface area (Å²) in [5, 5.41) is 4.73. The van der Waals surface area contributed by atoms with Gasteiger partial charge in [0.25, 0.3) is 0 Å². The molecule has 3 atom stereocenters. The van der Waals surface area contributed by atoms with E-state index in [2.05, 4.69) is 26.1 Å². The number of hydrogen-bond acceptors (Lipinski definition) is 6. The van der Waals surface area contributed by atoms with Crippen molar-refractivity contribution in [3.8, 4) is 0 Å². The molecule has 9 heteroatoms. The van der Waals surface area contributed by atoms with E-state index in [4.69, 9.17) is 9.57 Å². The SMILES string of the molecule is O=C(CC[C@@H]1CC(Br)=NO1)[C@@H]1C[C@H](F)CN1C(=O)OCc1cnc2ccccc2c1. The van der Waals surface area contributed by atoms with Gasteiger partial charge in [0, 0.05) is 36.4 Å². The van der Waals surface area contributed by atoms with E-state index >= 15 is 0 Å². The van der Waals surface area contributed by atoms with Crippen molar-refractivity contribution < 1.29 is 23.6 Å². The van der Waals surface area contributed by atoms with E-state index in [0.29, 0.717) is 17.5 Å².